The molecular formula is C11H16N6O2. The molecule has 0 radical (unpaired) electrons. The summed E-state index contributed by atoms with van der Waals surface area (Å²) in [5, 5.41) is 11.7. The van der Waals surface area contributed by atoms with Gasteiger partial charge in [0.1, 0.15) is 6.33 Å². The van der Waals surface area contributed by atoms with E-state index in [0.29, 0.717) is 31.5 Å². The molecule has 0 saturated carbocycles. The van der Waals surface area contributed by atoms with Crippen LogP contribution in [-0.4, -0.2) is 49.4 Å². The number of rotatable bonds is 7. The first-order valence-electron chi connectivity index (χ1n) is 6.05. The SMILES string of the molecule is CCNc1nc(OCCCO)nc(-n2ccnc2)n1. The molecule has 8 nitrogen and oxygen atoms in total. The van der Waals surface area contributed by atoms with Gasteiger partial charge in [0.25, 0.3) is 0 Å². The molecule has 8 heteroatoms. The molecule has 0 aliphatic rings. The van der Waals surface area contributed by atoms with E-state index in [1.54, 1.807) is 23.3 Å². The van der Waals surface area contributed by atoms with Crippen LogP contribution in [0.25, 0.3) is 5.95 Å². The zero-order valence-corrected chi connectivity index (χ0v) is 10.7. The van der Waals surface area contributed by atoms with E-state index >= 15 is 0 Å². The molecule has 0 spiro atoms. The van der Waals surface area contributed by atoms with E-state index in [2.05, 4.69) is 25.3 Å². The molecule has 2 rings (SSSR count). The summed E-state index contributed by atoms with van der Waals surface area (Å²) in [4.78, 5) is 16.5. The van der Waals surface area contributed by atoms with Gasteiger partial charge in [-0.15, -0.1) is 0 Å². The molecule has 2 N–H and O–H groups in total. The maximum absolute atomic E-state index is 8.73. The van der Waals surface area contributed by atoms with Gasteiger partial charge in [-0.3, -0.25) is 4.57 Å². The maximum Gasteiger partial charge on any atom is 0.323 e. The number of ether oxygens (including phenoxy) is 1. The molecular weight excluding hydrogens is 248 g/mol. The Hall–Kier alpha value is -2.22. The molecule has 0 unspecified atom stereocenters. The van der Waals surface area contributed by atoms with E-state index in [1.807, 2.05) is 6.92 Å². The molecule has 0 aliphatic heterocycles. The Balaban J connectivity index is 2.22. The number of hydrogen-bond donors (Lipinski definition) is 2. The quantitative estimate of drug-likeness (QED) is 0.692. The predicted octanol–water partition coefficient (Wildman–Crippen LogP) is 0.250. The molecule has 2 aromatic heterocycles. The molecule has 19 heavy (non-hydrogen) atoms. The van der Waals surface area contributed by atoms with Gasteiger partial charge in [-0.05, 0) is 6.92 Å². The Labute approximate surface area is 110 Å². The lowest BCUT2D eigenvalue weighted by Gasteiger charge is -2.08. The van der Waals surface area contributed by atoms with Gasteiger partial charge >= 0.3 is 6.01 Å². The number of aromatic nitrogens is 5. The summed E-state index contributed by atoms with van der Waals surface area (Å²) in [7, 11) is 0. The van der Waals surface area contributed by atoms with Crippen molar-refractivity contribution in [1.29, 1.82) is 0 Å². The molecule has 0 atom stereocenters. The van der Waals surface area contributed by atoms with Crippen molar-refractivity contribution in [3.63, 3.8) is 0 Å². The van der Waals surface area contributed by atoms with Gasteiger partial charge in [0.15, 0.2) is 0 Å². The van der Waals surface area contributed by atoms with Crippen LogP contribution in [0.2, 0.25) is 0 Å². The van der Waals surface area contributed by atoms with E-state index < -0.39 is 0 Å². The van der Waals surface area contributed by atoms with Crippen molar-refractivity contribution in [2.75, 3.05) is 25.1 Å². The Morgan fingerprint density at radius 3 is 2.95 bits per heavy atom. The second-order valence-electron chi connectivity index (χ2n) is 3.67. The van der Waals surface area contributed by atoms with E-state index in [-0.39, 0.29) is 12.6 Å². The largest absolute Gasteiger partial charge is 0.463 e. The van der Waals surface area contributed by atoms with Crippen molar-refractivity contribution in [3.05, 3.63) is 18.7 Å². The van der Waals surface area contributed by atoms with Crippen molar-refractivity contribution >= 4 is 5.95 Å². The van der Waals surface area contributed by atoms with Crippen molar-refractivity contribution in [2.24, 2.45) is 0 Å². The van der Waals surface area contributed by atoms with Crippen LogP contribution in [0.1, 0.15) is 13.3 Å². The minimum Gasteiger partial charge on any atom is -0.463 e. The van der Waals surface area contributed by atoms with Crippen LogP contribution < -0.4 is 10.1 Å². The summed E-state index contributed by atoms with van der Waals surface area (Å²) >= 11 is 0. The van der Waals surface area contributed by atoms with Gasteiger partial charge in [0.05, 0.1) is 6.61 Å². The Bertz CT molecular complexity index is 502. The highest BCUT2D eigenvalue weighted by Crippen LogP contribution is 2.11. The third-order valence-electron chi connectivity index (χ3n) is 2.21. The molecule has 0 aliphatic carbocycles. The van der Waals surface area contributed by atoms with Crippen LogP contribution in [0.5, 0.6) is 6.01 Å². The number of nitrogens with one attached hydrogen (secondary N) is 1. The zero-order chi connectivity index (χ0) is 13.5. The van der Waals surface area contributed by atoms with E-state index in [9.17, 15) is 0 Å². The second kappa shape index (κ2) is 6.64. The number of imidazole rings is 1. The third kappa shape index (κ3) is 3.62. The maximum atomic E-state index is 8.73. The average molecular weight is 264 g/mol. The van der Waals surface area contributed by atoms with E-state index in [1.165, 1.54) is 0 Å². The van der Waals surface area contributed by atoms with Crippen molar-refractivity contribution < 1.29 is 9.84 Å². The summed E-state index contributed by atoms with van der Waals surface area (Å²) in [6.45, 7) is 3.07. The first kappa shape index (κ1) is 13.2. The van der Waals surface area contributed by atoms with Gasteiger partial charge in [-0.25, -0.2) is 4.98 Å². The van der Waals surface area contributed by atoms with E-state index in [0.717, 1.165) is 0 Å². The lowest BCUT2D eigenvalue weighted by Crippen LogP contribution is -2.11. The third-order valence-corrected chi connectivity index (χ3v) is 2.21. The van der Waals surface area contributed by atoms with Crippen LogP contribution >= 0.6 is 0 Å². The van der Waals surface area contributed by atoms with Gasteiger partial charge in [-0.2, -0.15) is 15.0 Å². The number of aliphatic hydroxyl groups is 1. The number of aliphatic hydroxyl groups excluding tert-OH is 1. The van der Waals surface area contributed by atoms with Crippen LogP contribution in [-0.2, 0) is 0 Å². The highest BCUT2D eigenvalue weighted by atomic mass is 16.5. The molecule has 0 amide bonds. The fourth-order valence-corrected chi connectivity index (χ4v) is 1.37. The summed E-state index contributed by atoms with van der Waals surface area (Å²) < 4.78 is 7.04. The molecule has 2 heterocycles. The smallest absolute Gasteiger partial charge is 0.323 e. The minimum atomic E-state index is 0.0690. The number of hydrogen-bond acceptors (Lipinski definition) is 7. The lowest BCUT2D eigenvalue weighted by atomic mass is 10.5. The number of nitrogens with zero attached hydrogens (tertiary/aromatic N) is 5. The normalized spacial score (nSPS) is 10.4. The monoisotopic (exact) mass is 264 g/mol. The van der Waals surface area contributed by atoms with Crippen LogP contribution in [0.4, 0.5) is 5.95 Å². The number of anilines is 1. The van der Waals surface area contributed by atoms with Gasteiger partial charge in [0.2, 0.25) is 11.9 Å². The molecule has 0 saturated heterocycles. The van der Waals surface area contributed by atoms with Crippen molar-refractivity contribution in [2.45, 2.75) is 13.3 Å². The Morgan fingerprint density at radius 1 is 1.37 bits per heavy atom. The first-order valence-corrected chi connectivity index (χ1v) is 6.05. The molecule has 0 fully saturated rings. The van der Waals surface area contributed by atoms with Crippen molar-refractivity contribution in [3.8, 4) is 12.0 Å². The summed E-state index contributed by atoms with van der Waals surface area (Å²) in [6.07, 6.45) is 5.51. The molecule has 2 aromatic rings. The fraction of sp³-hybridized carbons (Fsp3) is 0.455. The molecule has 0 bridgehead atoms. The van der Waals surface area contributed by atoms with Gasteiger partial charge in [0, 0.05) is 32.0 Å². The molecule has 102 valence electrons. The van der Waals surface area contributed by atoms with Gasteiger partial charge < -0.3 is 15.2 Å². The summed E-state index contributed by atoms with van der Waals surface area (Å²) in [5.41, 5.74) is 0. The standard InChI is InChI=1S/C11H16N6O2/c1-2-13-9-14-10(17-5-4-12-8-17)16-11(15-9)19-7-3-6-18/h4-5,8,18H,2-3,6-7H2,1H3,(H,13,14,15,16). The first-order chi connectivity index (χ1) is 9.33. The second-order valence-corrected chi connectivity index (χ2v) is 3.67. The van der Waals surface area contributed by atoms with E-state index in [4.69, 9.17) is 9.84 Å². The minimum absolute atomic E-state index is 0.0690. The molecule has 0 aromatic carbocycles. The predicted molar refractivity (Wildman–Crippen MR) is 68.3 cm³/mol. The highest BCUT2D eigenvalue weighted by molar-refractivity contribution is 5.30. The Kier molecular flexibility index (Phi) is 4.62. The van der Waals surface area contributed by atoms with Crippen LogP contribution in [0.3, 0.4) is 0 Å². The summed E-state index contributed by atoms with van der Waals surface area (Å²) in [6, 6.07) is 0.225. The van der Waals surface area contributed by atoms with Crippen molar-refractivity contribution in [1.82, 2.24) is 24.5 Å². The zero-order valence-electron chi connectivity index (χ0n) is 10.7. The average Bonchev–Trinajstić information content (AvgIpc) is 2.93. The Morgan fingerprint density at radius 2 is 2.26 bits per heavy atom. The highest BCUT2D eigenvalue weighted by Gasteiger charge is 2.08. The van der Waals surface area contributed by atoms with Crippen LogP contribution in [0.15, 0.2) is 18.7 Å². The van der Waals surface area contributed by atoms with Crippen LogP contribution in [0, 0.1) is 0 Å². The summed E-state index contributed by atoms with van der Waals surface area (Å²) in [5.74, 6) is 0.877. The van der Waals surface area contributed by atoms with Gasteiger partial charge in [-0.1, -0.05) is 0 Å². The lowest BCUT2D eigenvalue weighted by molar-refractivity contribution is 0.224. The fourth-order valence-electron chi connectivity index (χ4n) is 1.37. The topological polar surface area (TPSA) is 98.0 Å².